The van der Waals surface area contributed by atoms with Crippen LogP contribution in [0.5, 0.6) is 5.75 Å². The third-order valence-electron chi connectivity index (χ3n) is 4.02. The van der Waals surface area contributed by atoms with Crippen LogP contribution in [0.3, 0.4) is 0 Å². The maximum absolute atomic E-state index is 12.3. The molecule has 0 saturated carbocycles. The molecule has 6 nitrogen and oxygen atoms in total. The zero-order valence-corrected chi connectivity index (χ0v) is 15.3. The molecule has 2 N–H and O–H groups in total. The van der Waals surface area contributed by atoms with Gasteiger partial charge in [-0.15, -0.1) is 0 Å². The Morgan fingerprint density at radius 1 is 1.20 bits per heavy atom. The molecule has 134 valence electrons. The fourth-order valence-corrected chi connectivity index (χ4v) is 2.84. The highest BCUT2D eigenvalue weighted by Gasteiger charge is 2.18. The van der Waals surface area contributed by atoms with E-state index in [0.29, 0.717) is 5.75 Å². The van der Waals surface area contributed by atoms with Crippen LogP contribution >= 0.6 is 0 Å². The first kappa shape index (κ1) is 19.0. The van der Waals surface area contributed by atoms with Gasteiger partial charge in [0.15, 0.2) is 6.61 Å². The maximum atomic E-state index is 12.3. The van der Waals surface area contributed by atoms with Crippen LogP contribution in [0.4, 0.5) is 0 Å². The van der Waals surface area contributed by atoms with Crippen molar-refractivity contribution >= 4 is 15.9 Å². The number of hydrogen-bond acceptors (Lipinski definition) is 4. The number of carbonyl (C=O) groups is 1. The molecular weight excluding hydrogens is 340 g/mol. The molecule has 0 radical (unpaired) electrons. The Kier molecular flexibility index (Phi) is 5.81. The lowest BCUT2D eigenvalue weighted by Gasteiger charge is -2.25. The third kappa shape index (κ3) is 5.04. The van der Waals surface area contributed by atoms with Gasteiger partial charge in [-0.05, 0) is 49.2 Å². The molecule has 1 unspecified atom stereocenters. The zero-order valence-electron chi connectivity index (χ0n) is 14.5. The number of likely N-dealkylation sites (N-methyl/N-ethyl adjacent to an activating group) is 1. The number of hydrogen-bond donors (Lipinski definition) is 1. The zero-order chi connectivity index (χ0) is 18.6. The van der Waals surface area contributed by atoms with E-state index in [1.54, 1.807) is 30.1 Å². The Balaban J connectivity index is 2.01. The van der Waals surface area contributed by atoms with Crippen LogP contribution in [0.25, 0.3) is 0 Å². The lowest BCUT2D eigenvalue weighted by atomic mass is 10.1. The molecule has 0 aromatic heterocycles. The number of rotatable bonds is 6. The van der Waals surface area contributed by atoms with Crippen LogP contribution in [0.2, 0.25) is 0 Å². The summed E-state index contributed by atoms with van der Waals surface area (Å²) in [6.45, 7) is 3.74. The standard InChI is InChI=1S/C18H22N2O4S/c1-13-5-4-6-16(11-13)24-12-18(21)20(3)14(2)15-7-9-17(10-8-15)25(19,22)23/h4-11,14H,12H2,1-3H3,(H2,19,22,23). The number of aryl methyl sites for hydroxylation is 1. The Morgan fingerprint density at radius 3 is 2.40 bits per heavy atom. The second-order valence-electron chi connectivity index (χ2n) is 5.90. The molecule has 2 rings (SSSR count). The molecule has 1 amide bonds. The van der Waals surface area contributed by atoms with E-state index in [0.717, 1.165) is 11.1 Å². The summed E-state index contributed by atoms with van der Waals surface area (Å²) in [6, 6.07) is 13.4. The number of nitrogens with zero attached hydrogens (tertiary/aromatic N) is 1. The van der Waals surface area contributed by atoms with Gasteiger partial charge in [-0.2, -0.15) is 0 Å². The minimum absolute atomic E-state index is 0.0419. The van der Waals surface area contributed by atoms with Crippen molar-refractivity contribution in [1.29, 1.82) is 0 Å². The van der Waals surface area contributed by atoms with Gasteiger partial charge < -0.3 is 9.64 Å². The maximum Gasteiger partial charge on any atom is 0.260 e. The van der Waals surface area contributed by atoms with Gasteiger partial charge in [-0.3, -0.25) is 4.79 Å². The number of benzene rings is 2. The first-order chi connectivity index (χ1) is 11.7. The molecule has 7 heteroatoms. The van der Waals surface area contributed by atoms with Gasteiger partial charge in [-0.25, -0.2) is 13.6 Å². The summed E-state index contributed by atoms with van der Waals surface area (Å²) in [5, 5.41) is 5.09. The SMILES string of the molecule is Cc1cccc(OCC(=O)N(C)C(C)c2ccc(S(N)(=O)=O)cc2)c1. The van der Waals surface area contributed by atoms with Crippen LogP contribution in [0, 0.1) is 6.92 Å². The fourth-order valence-electron chi connectivity index (χ4n) is 2.33. The van der Waals surface area contributed by atoms with Gasteiger partial charge in [0.1, 0.15) is 5.75 Å². The van der Waals surface area contributed by atoms with Crippen molar-refractivity contribution in [2.24, 2.45) is 5.14 Å². The molecule has 0 aliphatic carbocycles. The highest BCUT2D eigenvalue weighted by Crippen LogP contribution is 2.21. The molecule has 1 atom stereocenters. The highest BCUT2D eigenvalue weighted by atomic mass is 32.2. The van der Waals surface area contributed by atoms with E-state index in [9.17, 15) is 13.2 Å². The third-order valence-corrected chi connectivity index (χ3v) is 4.95. The molecule has 0 bridgehead atoms. The van der Waals surface area contributed by atoms with Gasteiger partial charge in [0.2, 0.25) is 10.0 Å². The van der Waals surface area contributed by atoms with E-state index >= 15 is 0 Å². The summed E-state index contributed by atoms with van der Waals surface area (Å²) < 4.78 is 28.1. The number of amides is 1. The number of sulfonamides is 1. The fraction of sp³-hybridized carbons (Fsp3) is 0.278. The van der Waals surface area contributed by atoms with Gasteiger partial charge in [-0.1, -0.05) is 24.3 Å². The first-order valence-corrected chi connectivity index (χ1v) is 9.31. The molecule has 0 fully saturated rings. The van der Waals surface area contributed by atoms with E-state index in [1.807, 2.05) is 32.0 Å². The van der Waals surface area contributed by atoms with Gasteiger partial charge in [0, 0.05) is 7.05 Å². The minimum Gasteiger partial charge on any atom is -0.484 e. The quantitative estimate of drug-likeness (QED) is 0.853. The molecule has 25 heavy (non-hydrogen) atoms. The Labute approximate surface area is 148 Å². The second-order valence-corrected chi connectivity index (χ2v) is 7.46. The average molecular weight is 362 g/mol. The minimum atomic E-state index is -3.73. The molecule has 0 aliphatic rings. The van der Waals surface area contributed by atoms with Crippen LogP contribution in [-0.2, 0) is 14.8 Å². The summed E-state index contributed by atoms with van der Waals surface area (Å²) in [6.07, 6.45) is 0. The predicted octanol–water partition coefficient (Wildman–Crippen LogP) is 2.24. The molecule has 2 aromatic carbocycles. The summed E-state index contributed by atoms with van der Waals surface area (Å²) in [7, 11) is -2.04. The molecule has 0 spiro atoms. The molecule has 0 heterocycles. The largest absolute Gasteiger partial charge is 0.484 e. The van der Waals surface area contributed by atoms with Crippen molar-refractivity contribution in [2.75, 3.05) is 13.7 Å². The Bertz CT molecular complexity index is 848. The van der Waals surface area contributed by atoms with E-state index in [-0.39, 0.29) is 23.5 Å². The van der Waals surface area contributed by atoms with E-state index in [1.165, 1.54) is 12.1 Å². The molecule has 0 saturated heterocycles. The summed E-state index contributed by atoms with van der Waals surface area (Å²) in [5.74, 6) is 0.469. The summed E-state index contributed by atoms with van der Waals surface area (Å²) in [4.78, 5) is 13.9. The van der Waals surface area contributed by atoms with Crippen molar-refractivity contribution in [3.8, 4) is 5.75 Å². The molecular formula is C18H22N2O4S. The van der Waals surface area contributed by atoms with Crippen LogP contribution in [-0.4, -0.2) is 32.9 Å². The number of ether oxygens (including phenoxy) is 1. The summed E-state index contributed by atoms with van der Waals surface area (Å²) >= 11 is 0. The predicted molar refractivity (Wildman–Crippen MR) is 95.7 cm³/mol. The number of nitrogens with two attached hydrogens (primary N) is 1. The van der Waals surface area contributed by atoms with Gasteiger partial charge in [0.05, 0.1) is 10.9 Å². The lowest BCUT2D eigenvalue weighted by molar-refractivity contribution is -0.134. The first-order valence-electron chi connectivity index (χ1n) is 7.76. The summed E-state index contributed by atoms with van der Waals surface area (Å²) in [5.41, 5.74) is 1.86. The van der Waals surface area contributed by atoms with Crippen LogP contribution in [0.15, 0.2) is 53.4 Å². The lowest BCUT2D eigenvalue weighted by Crippen LogP contribution is -2.33. The molecule has 0 aliphatic heterocycles. The number of carbonyl (C=O) groups excluding carboxylic acids is 1. The topological polar surface area (TPSA) is 89.7 Å². The monoisotopic (exact) mass is 362 g/mol. The van der Waals surface area contributed by atoms with Crippen molar-refractivity contribution in [1.82, 2.24) is 4.90 Å². The smallest absolute Gasteiger partial charge is 0.260 e. The van der Waals surface area contributed by atoms with E-state index in [2.05, 4.69) is 0 Å². The second kappa shape index (κ2) is 7.67. The van der Waals surface area contributed by atoms with Gasteiger partial charge in [0.25, 0.3) is 5.91 Å². The van der Waals surface area contributed by atoms with Crippen LogP contribution < -0.4 is 9.88 Å². The van der Waals surface area contributed by atoms with Crippen molar-refractivity contribution < 1.29 is 17.9 Å². The average Bonchev–Trinajstić information content (AvgIpc) is 2.58. The normalized spacial score (nSPS) is 12.5. The Morgan fingerprint density at radius 2 is 1.84 bits per heavy atom. The van der Waals surface area contributed by atoms with Gasteiger partial charge >= 0.3 is 0 Å². The van der Waals surface area contributed by atoms with Crippen molar-refractivity contribution in [2.45, 2.75) is 24.8 Å². The van der Waals surface area contributed by atoms with E-state index < -0.39 is 10.0 Å². The van der Waals surface area contributed by atoms with Crippen molar-refractivity contribution in [3.63, 3.8) is 0 Å². The highest BCUT2D eigenvalue weighted by molar-refractivity contribution is 7.89. The van der Waals surface area contributed by atoms with Crippen molar-refractivity contribution in [3.05, 3.63) is 59.7 Å². The van der Waals surface area contributed by atoms with E-state index in [4.69, 9.17) is 9.88 Å². The Hall–Kier alpha value is -2.38. The number of primary sulfonamides is 1. The molecule has 2 aromatic rings. The van der Waals surface area contributed by atoms with Crippen LogP contribution in [0.1, 0.15) is 24.1 Å².